The molecule has 0 heterocycles. The van der Waals surface area contributed by atoms with Crippen molar-refractivity contribution in [3.63, 3.8) is 0 Å². The summed E-state index contributed by atoms with van der Waals surface area (Å²) in [6.07, 6.45) is 1.27. The van der Waals surface area contributed by atoms with Crippen molar-refractivity contribution in [3.05, 3.63) is 70.3 Å². The molecule has 0 bridgehead atoms. The van der Waals surface area contributed by atoms with Gasteiger partial charge in [-0.15, -0.1) is 0 Å². The molecule has 0 fully saturated rings. The Labute approximate surface area is 187 Å². The largest absolute Gasteiger partial charge is 0.366 e. The first-order valence-corrected chi connectivity index (χ1v) is 11.0. The Morgan fingerprint density at radius 1 is 1.03 bits per heavy atom. The van der Waals surface area contributed by atoms with Crippen LogP contribution in [0.4, 0.5) is 0 Å². The molecule has 0 spiro atoms. The molecule has 0 aliphatic rings. The van der Waals surface area contributed by atoms with E-state index >= 15 is 0 Å². The van der Waals surface area contributed by atoms with Gasteiger partial charge < -0.3 is 16.0 Å². The smallest absolute Gasteiger partial charge is 0.248 e. The number of benzene rings is 2. The second kappa shape index (κ2) is 11.1. The van der Waals surface area contributed by atoms with Crippen LogP contribution in [0.3, 0.4) is 0 Å². The summed E-state index contributed by atoms with van der Waals surface area (Å²) in [6, 6.07) is 14.1. The van der Waals surface area contributed by atoms with Gasteiger partial charge in [0.25, 0.3) is 0 Å². The summed E-state index contributed by atoms with van der Waals surface area (Å²) in [4.78, 5) is 26.4. The molecule has 31 heavy (non-hydrogen) atoms. The third-order valence-electron chi connectivity index (χ3n) is 6.12. The molecular weight excluding hydrogens is 386 g/mol. The van der Waals surface area contributed by atoms with Crippen molar-refractivity contribution in [3.8, 4) is 0 Å². The van der Waals surface area contributed by atoms with E-state index in [9.17, 15) is 9.59 Å². The summed E-state index contributed by atoms with van der Waals surface area (Å²) in [5.74, 6) is 0.246. The lowest BCUT2D eigenvalue weighted by molar-refractivity contribution is -0.121. The van der Waals surface area contributed by atoms with Gasteiger partial charge in [0.1, 0.15) is 0 Å². The van der Waals surface area contributed by atoms with E-state index in [2.05, 4.69) is 36.2 Å². The fourth-order valence-corrected chi connectivity index (χ4v) is 4.07. The lowest BCUT2D eigenvalue weighted by Gasteiger charge is -2.27. The summed E-state index contributed by atoms with van der Waals surface area (Å²) in [7, 11) is 4.06. The Morgan fingerprint density at radius 3 is 2.10 bits per heavy atom. The highest BCUT2D eigenvalue weighted by molar-refractivity contribution is 5.93. The molecule has 0 unspecified atom stereocenters. The van der Waals surface area contributed by atoms with Crippen LogP contribution in [0.5, 0.6) is 0 Å². The number of carbonyl (C=O) groups excluding carboxylic acids is 2. The zero-order valence-electron chi connectivity index (χ0n) is 19.7. The van der Waals surface area contributed by atoms with E-state index in [1.54, 1.807) is 0 Å². The van der Waals surface area contributed by atoms with Crippen molar-refractivity contribution in [2.45, 2.75) is 52.5 Å². The van der Waals surface area contributed by atoms with Gasteiger partial charge in [-0.3, -0.25) is 9.59 Å². The lowest BCUT2D eigenvalue weighted by atomic mass is 9.85. The Kier molecular flexibility index (Phi) is 8.81. The summed E-state index contributed by atoms with van der Waals surface area (Å²) in [6.45, 7) is 8.91. The summed E-state index contributed by atoms with van der Waals surface area (Å²) < 4.78 is 0. The Hall–Kier alpha value is -2.66. The van der Waals surface area contributed by atoms with Crippen LogP contribution >= 0.6 is 0 Å². The lowest BCUT2D eigenvalue weighted by Crippen LogP contribution is -2.42. The van der Waals surface area contributed by atoms with E-state index in [4.69, 9.17) is 5.73 Å². The number of primary amides is 1. The van der Waals surface area contributed by atoms with Crippen LogP contribution in [0.1, 0.15) is 58.8 Å². The summed E-state index contributed by atoms with van der Waals surface area (Å²) >= 11 is 0. The molecule has 2 aromatic rings. The number of nitrogens with zero attached hydrogens (tertiary/aromatic N) is 1. The fourth-order valence-electron chi connectivity index (χ4n) is 4.07. The number of hydrogen-bond donors (Lipinski definition) is 2. The summed E-state index contributed by atoms with van der Waals surface area (Å²) in [5.41, 5.74) is 10.5. The van der Waals surface area contributed by atoms with E-state index in [0.29, 0.717) is 24.4 Å². The van der Waals surface area contributed by atoms with Crippen LogP contribution in [0.2, 0.25) is 0 Å². The number of nitrogens with two attached hydrogens (primary N) is 1. The first-order chi connectivity index (χ1) is 14.6. The number of aryl methyl sites for hydroxylation is 2. The first-order valence-electron chi connectivity index (χ1n) is 11.0. The quantitative estimate of drug-likeness (QED) is 0.610. The molecule has 3 N–H and O–H groups in total. The van der Waals surface area contributed by atoms with Crippen LogP contribution in [0.15, 0.2) is 42.5 Å². The van der Waals surface area contributed by atoms with Gasteiger partial charge in [-0.1, -0.05) is 44.2 Å². The zero-order chi connectivity index (χ0) is 23.1. The Bertz CT molecular complexity index is 868. The normalized spacial score (nSPS) is 13.3. The molecular formula is C26H37N3O2. The van der Waals surface area contributed by atoms with Gasteiger partial charge in [0.05, 0.1) is 0 Å². The summed E-state index contributed by atoms with van der Waals surface area (Å²) in [5, 5.41) is 3.15. The van der Waals surface area contributed by atoms with Crippen molar-refractivity contribution in [1.82, 2.24) is 10.2 Å². The maximum Gasteiger partial charge on any atom is 0.248 e. The average molecular weight is 424 g/mol. The van der Waals surface area contributed by atoms with Gasteiger partial charge >= 0.3 is 0 Å². The number of nitrogens with one attached hydrogen (secondary N) is 1. The van der Waals surface area contributed by atoms with Crippen molar-refractivity contribution >= 4 is 11.8 Å². The monoisotopic (exact) mass is 423 g/mol. The van der Waals surface area contributed by atoms with Crippen molar-refractivity contribution in [1.29, 1.82) is 0 Å². The predicted molar refractivity (Wildman–Crippen MR) is 127 cm³/mol. The molecule has 168 valence electrons. The number of likely N-dealkylation sites (N-methyl/N-ethyl adjacent to an activating group) is 1. The van der Waals surface area contributed by atoms with Crippen LogP contribution < -0.4 is 11.1 Å². The van der Waals surface area contributed by atoms with E-state index < -0.39 is 5.91 Å². The molecule has 5 heteroatoms. The highest BCUT2D eigenvalue weighted by Gasteiger charge is 2.21. The van der Waals surface area contributed by atoms with Gasteiger partial charge in [-0.05, 0) is 80.6 Å². The second-order valence-corrected chi connectivity index (χ2v) is 9.04. The third kappa shape index (κ3) is 6.93. The zero-order valence-corrected chi connectivity index (χ0v) is 19.7. The van der Waals surface area contributed by atoms with Crippen LogP contribution in [0.25, 0.3) is 0 Å². The van der Waals surface area contributed by atoms with Crippen LogP contribution in [0, 0.1) is 19.8 Å². The Balaban J connectivity index is 2.06. The van der Waals surface area contributed by atoms with Gasteiger partial charge in [0, 0.05) is 24.6 Å². The van der Waals surface area contributed by atoms with E-state index in [0.717, 1.165) is 17.5 Å². The molecule has 0 saturated heterocycles. The van der Waals surface area contributed by atoms with Gasteiger partial charge in [-0.2, -0.15) is 0 Å². The van der Waals surface area contributed by atoms with Gasteiger partial charge in [0.2, 0.25) is 11.8 Å². The standard InChI is InChI=1S/C26H37N3O2/c1-17(2)23(20-10-8-7-9-11-20)15-25(30)28-16-22(29(5)6)14-24-18(3)12-21(26(27)31)13-19(24)4/h7-13,17,22-23H,14-16H2,1-6H3,(H2,27,31)(H,28,30)/t22-,23+/m0/s1. The molecule has 2 atom stereocenters. The molecule has 5 nitrogen and oxygen atoms in total. The molecule has 0 aliphatic heterocycles. The van der Waals surface area contributed by atoms with E-state index in [1.807, 2.05) is 58.3 Å². The maximum absolute atomic E-state index is 12.8. The van der Waals surface area contributed by atoms with Crippen molar-refractivity contribution in [2.24, 2.45) is 11.7 Å². The third-order valence-corrected chi connectivity index (χ3v) is 6.12. The fraction of sp³-hybridized carbons (Fsp3) is 0.462. The molecule has 0 saturated carbocycles. The molecule has 0 aromatic heterocycles. The Morgan fingerprint density at radius 2 is 1.61 bits per heavy atom. The second-order valence-electron chi connectivity index (χ2n) is 9.04. The minimum absolute atomic E-state index is 0.0759. The van der Waals surface area contributed by atoms with Crippen molar-refractivity contribution < 1.29 is 9.59 Å². The molecule has 0 radical (unpaired) electrons. The van der Waals surface area contributed by atoms with Gasteiger partial charge in [0.15, 0.2) is 0 Å². The first kappa shape index (κ1) is 24.6. The number of amides is 2. The number of carbonyl (C=O) groups is 2. The minimum atomic E-state index is -0.410. The predicted octanol–water partition coefficient (Wildman–Crippen LogP) is 3.82. The van der Waals surface area contributed by atoms with Gasteiger partial charge in [-0.25, -0.2) is 0 Å². The number of hydrogen-bond acceptors (Lipinski definition) is 3. The van der Waals surface area contributed by atoms with Crippen LogP contribution in [-0.4, -0.2) is 43.4 Å². The SMILES string of the molecule is Cc1cc(C(N)=O)cc(C)c1C[C@@H](CNC(=O)C[C@@H](c1ccccc1)C(C)C)N(C)C. The van der Waals surface area contributed by atoms with Crippen LogP contribution in [-0.2, 0) is 11.2 Å². The molecule has 2 amide bonds. The average Bonchev–Trinajstić information content (AvgIpc) is 2.70. The molecule has 2 aromatic carbocycles. The highest BCUT2D eigenvalue weighted by Crippen LogP contribution is 2.27. The van der Waals surface area contributed by atoms with E-state index in [-0.39, 0.29) is 17.9 Å². The molecule has 0 aliphatic carbocycles. The highest BCUT2D eigenvalue weighted by atomic mass is 16.1. The molecule has 2 rings (SSSR count). The van der Waals surface area contributed by atoms with E-state index in [1.165, 1.54) is 11.1 Å². The maximum atomic E-state index is 12.8. The van der Waals surface area contributed by atoms with Crippen molar-refractivity contribution in [2.75, 3.05) is 20.6 Å². The minimum Gasteiger partial charge on any atom is -0.366 e. The topological polar surface area (TPSA) is 75.4 Å². The number of rotatable bonds is 10.